The third-order valence-corrected chi connectivity index (χ3v) is 6.28. The van der Waals surface area contributed by atoms with Crippen molar-refractivity contribution in [1.29, 1.82) is 0 Å². The molecule has 0 fully saturated rings. The van der Waals surface area contributed by atoms with Crippen LogP contribution in [0.15, 0.2) is 41.5 Å². The van der Waals surface area contributed by atoms with Gasteiger partial charge in [-0.25, -0.2) is 19.1 Å². The molecule has 0 saturated heterocycles. The number of hydrogen-bond donors (Lipinski definition) is 1. The van der Waals surface area contributed by atoms with Crippen LogP contribution in [0.1, 0.15) is 31.6 Å². The fraction of sp³-hybridized carbons (Fsp3) is 0.304. The van der Waals surface area contributed by atoms with E-state index in [0.29, 0.717) is 9.59 Å². The Hall–Kier alpha value is -3.46. The number of pyridine rings is 1. The second kappa shape index (κ2) is 11.6. The van der Waals surface area contributed by atoms with E-state index in [9.17, 15) is 27.9 Å². The second-order valence-electron chi connectivity index (χ2n) is 8.44. The number of alkyl halides is 3. The maximum atomic E-state index is 13.2. The molecular weight excluding hydrogens is 602 g/mol. The maximum absolute atomic E-state index is 13.2. The van der Waals surface area contributed by atoms with Gasteiger partial charge in [-0.3, -0.25) is 14.3 Å². The van der Waals surface area contributed by atoms with Crippen LogP contribution in [-0.4, -0.2) is 57.5 Å². The predicted octanol–water partition coefficient (Wildman–Crippen LogP) is 4.24. The minimum Gasteiger partial charge on any atom is -0.455 e. The van der Waals surface area contributed by atoms with E-state index < -0.39 is 43.1 Å². The van der Waals surface area contributed by atoms with Gasteiger partial charge in [0.05, 0.1) is 16.6 Å². The maximum Gasteiger partial charge on any atom is 0.416 e. The van der Waals surface area contributed by atoms with Gasteiger partial charge in [-0.1, -0.05) is 34.8 Å². The quantitative estimate of drug-likeness (QED) is 0.290. The van der Waals surface area contributed by atoms with Crippen molar-refractivity contribution >= 4 is 40.8 Å². The number of carbonyl (C=O) groups excluding carboxylic acids is 1. The van der Waals surface area contributed by atoms with Gasteiger partial charge in [0.1, 0.15) is 12.2 Å². The molecule has 0 spiro atoms. The molecule has 0 bridgehead atoms. The van der Waals surface area contributed by atoms with Crippen molar-refractivity contribution < 1.29 is 27.8 Å². The molecule has 4 rings (SSSR count). The van der Waals surface area contributed by atoms with E-state index in [4.69, 9.17) is 39.5 Å². The molecule has 40 heavy (non-hydrogen) atoms. The van der Waals surface area contributed by atoms with E-state index >= 15 is 0 Å². The minimum atomic E-state index is -4.98. The number of rotatable bonds is 8. The van der Waals surface area contributed by atoms with Crippen LogP contribution >= 0.6 is 34.8 Å². The topological polar surface area (TPSA) is 130 Å². The molecule has 0 saturated carbocycles. The summed E-state index contributed by atoms with van der Waals surface area (Å²) < 4.78 is 47.4. The number of benzene rings is 1. The van der Waals surface area contributed by atoms with Crippen LogP contribution in [0.4, 0.5) is 13.2 Å². The molecule has 3 heterocycles. The number of nitrogens with zero attached hydrogens (tertiary/aromatic N) is 7. The highest BCUT2D eigenvalue weighted by molar-refractivity contribution is 6.37. The first-order chi connectivity index (χ1) is 18.8. The highest BCUT2D eigenvalue weighted by Gasteiger charge is 2.39. The molecule has 1 unspecified atom stereocenters. The smallest absolute Gasteiger partial charge is 0.416 e. The zero-order valence-corrected chi connectivity index (χ0v) is 22.9. The Balaban J connectivity index is 1.82. The standard InChI is InChI=1S/C23H19Cl3F3N7O4/c1-11(40-12(2)37)20-31-18(32-36(20)19-15(25)7-30-8-16(19)26)10-35-22(39)34(9-17(38)23(27,28)29)21(33-35)13-3-5-14(24)6-4-13/h3-8,11,17,38H,9-10H2,1-2H3/t11?,17-/m0/s1. The van der Waals surface area contributed by atoms with Crippen LogP contribution in [0.2, 0.25) is 15.1 Å². The molecule has 4 aromatic rings. The van der Waals surface area contributed by atoms with Crippen molar-refractivity contribution in [3.63, 3.8) is 0 Å². The van der Waals surface area contributed by atoms with Gasteiger partial charge in [0.25, 0.3) is 0 Å². The van der Waals surface area contributed by atoms with Gasteiger partial charge in [0, 0.05) is 29.9 Å². The Labute approximate surface area is 238 Å². The molecule has 212 valence electrons. The lowest BCUT2D eigenvalue weighted by Gasteiger charge is -2.15. The summed E-state index contributed by atoms with van der Waals surface area (Å²) in [6, 6.07) is 5.87. The van der Waals surface area contributed by atoms with Crippen LogP contribution in [0.25, 0.3) is 17.1 Å². The van der Waals surface area contributed by atoms with Crippen molar-refractivity contribution in [3.05, 3.63) is 73.9 Å². The Bertz CT molecular complexity index is 1580. The summed E-state index contributed by atoms with van der Waals surface area (Å²) in [5, 5.41) is 18.8. The van der Waals surface area contributed by atoms with E-state index in [2.05, 4.69) is 20.2 Å². The van der Waals surface area contributed by atoms with Crippen LogP contribution < -0.4 is 5.69 Å². The van der Waals surface area contributed by atoms with Crippen LogP contribution in [0.5, 0.6) is 0 Å². The molecule has 2 atom stereocenters. The zero-order chi connectivity index (χ0) is 29.4. The van der Waals surface area contributed by atoms with Crippen molar-refractivity contribution in [3.8, 4) is 17.1 Å². The van der Waals surface area contributed by atoms with Crippen LogP contribution in [0.3, 0.4) is 0 Å². The van der Waals surface area contributed by atoms with E-state index in [-0.39, 0.29) is 38.8 Å². The molecule has 0 amide bonds. The first kappa shape index (κ1) is 29.5. The molecule has 0 radical (unpaired) electrons. The van der Waals surface area contributed by atoms with Crippen molar-refractivity contribution in [2.24, 2.45) is 0 Å². The fourth-order valence-electron chi connectivity index (χ4n) is 3.70. The number of hydrogen-bond acceptors (Lipinski definition) is 8. The normalized spacial score (nSPS) is 13.3. The molecule has 0 aliphatic heterocycles. The molecule has 11 nitrogen and oxygen atoms in total. The highest BCUT2D eigenvalue weighted by atomic mass is 35.5. The first-order valence-electron chi connectivity index (χ1n) is 11.4. The number of aromatic nitrogens is 7. The number of ether oxygens (including phenoxy) is 1. The highest BCUT2D eigenvalue weighted by Crippen LogP contribution is 2.30. The van der Waals surface area contributed by atoms with E-state index in [0.717, 1.165) is 4.68 Å². The second-order valence-corrected chi connectivity index (χ2v) is 9.69. The Kier molecular flexibility index (Phi) is 8.54. The van der Waals surface area contributed by atoms with Crippen molar-refractivity contribution in [1.82, 2.24) is 34.1 Å². The number of carbonyl (C=O) groups is 1. The lowest BCUT2D eigenvalue weighted by molar-refractivity contribution is -0.207. The van der Waals surface area contributed by atoms with Crippen LogP contribution in [0, 0.1) is 0 Å². The molecule has 0 aliphatic rings. The largest absolute Gasteiger partial charge is 0.455 e. The van der Waals surface area contributed by atoms with Gasteiger partial charge in [0.2, 0.25) is 0 Å². The van der Waals surface area contributed by atoms with Gasteiger partial charge >= 0.3 is 17.8 Å². The lowest BCUT2D eigenvalue weighted by Crippen LogP contribution is -2.37. The first-order valence-corrected chi connectivity index (χ1v) is 12.5. The molecule has 1 aromatic carbocycles. The van der Waals surface area contributed by atoms with Gasteiger partial charge < -0.3 is 9.84 Å². The SMILES string of the molecule is CC(=O)OC(C)c1nc(Cn2nc(-c3ccc(Cl)cc3)n(C[C@H](O)C(F)(F)F)c2=O)nn1-c1c(Cl)cncc1Cl. The van der Waals surface area contributed by atoms with Gasteiger partial charge in [-0.2, -0.15) is 13.2 Å². The Morgan fingerprint density at radius 2 is 1.73 bits per heavy atom. The summed E-state index contributed by atoms with van der Waals surface area (Å²) in [7, 11) is 0. The summed E-state index contributed by atoms with van der Waals surface area (Å²) in [5.41, 5.74) is -0.536. The lowest BCUT2D eigenvalue weighted by atomic mass is 10.2. The average Bonchev–Trinajstić information content (AvgIpc) is 3.40. The van der Waals surface area contributed by atoms with E-state index in [1.54, 1.807) is 0 Å². The third-order valence-electron chi connectivity index (χ3n) is 5.47. The van der Waals surface area contributed by atoms with Gasteiger partial charge in [0.15, 0.2) is 29.7 Å². The number of esters is 1. The minimum absolute atomic E-state index is 0.0382. The summed E-state index contributed by atoms with van der Waals surface area (Å²) in [6.45, 7) is 1.19. The molecule has 0 aliphatic carbocycles. The molecule has 3 aromatic heterocycles. The van der Waals surface area contributed by atoms with Gasteiger partial charge in [-0.05, 0) is 31.2 Å². The zero-order valence-electron chi connectivity index (χ0n) is 20.6. The Morgan fingerprint density at radius 1 is 1.10 bits per heavy atom. The molecule has 17 heteroatoms. The number of halogens is 6. The fourth-order valence-corrected chi connectivity index (χ4v) is 4.35. The summed E-state index contributed by atoms with van der Waals surface area (Å²) in [6.07, 6.45) is -6.15. The molecule has 1 N–H and O–H groups in total. The summed E-state index contributed by atoms with van der Waals surface area (Å²) in [5.74, 6) is -0.721. The number of aliphatic hydroxyl groups excluding tert-OH is 1. The monoisotopic (exact) mass is 619 g/mol. The molecular formula is C23H19Cl3F3N7O4. The van der Waals surface area contributed by atoms with Crippen LogP contribution in [-0.2, 0) is 22.6 Å². The summed E-state index contributed by atoms with van der Waals surface area (Å²) in [4.78, 5) is 33.1. The van der Waals surface area contributed by atoms with E-state index in [1.165, 1.54) is 55.2 Å². The summed E-state index contributed by atoms with van der Waals surface area (Å²) >= 11 is 18.5. The van der Waals surface area contributed by atoms with E-state index in [1.807, 2.05) is 0 Å². The average molecular weight is 621 g/mol. The van der Waals surface area contributed by atoms with Gasteiger partial charge in [-0.15, -0.1) is 10.2 Å². The predicted molar refractivity (Wildman–Crippen MR) is 137 cm³/mol. The van der Waals surface area contributed by atoms with Crippen molar-refractivity contribution in [2.75, 3.05) is 0 Å². The van der Waals surface area contributed by atoms with Crippen molar-refractivity contribution in [2.45, 2.75) is 45.3 Å². The Morgan fingerprint density at radius 3 is 2.30 bits per heavy atom. The third kappa shape index (κ3) is 6.30. The number of aliphatic hydroxyl groups is 1.